The first-order valence-corrected chi connectivity index (χ1v) is 9.58. The summed E-state index contributed by atoms with van der Waals surface area (Å²) >= 11 is 0. The average Bonchev–Trinajstić information content (AvgIpc) is 2.71. The van der Waals surface area contributed by atoms with E-state index in [4.69, 9.17) is 5.73 Å². The largest absolute Gasteiger partial charge is 0.384 e. The summed E-state index contributed by atoms with van der Waals surface area (Å²) < 4.78 is 26.8. The molecule has 5 nitrogen and oxygen atoms in total. The van der Waals surface area contributed by atoms with E-state index in [-0.39, 0.29) is 23.8 Å². The summed E-state index contributed by atoms with van der Waals surface area (Å²) in [7, 11) is 0. The maximum Gasteiger partial charge on any atom is 0.251 e. The van der Waals surface area contributed by atoms with E-state index in [1.807, 2.05) is 0 Å². The Hall–Kier alpha value is -3.22. The van der Waals surface area contributed by atoms with Crippen LogP contribution in [0.4, 0.5) is 14.5 Å². The highest BCUT2D eigenvalue weighted by atomic mass is 19.1. The van der Waals surface area contributed by atoms with Crippen molar-refractivity contribution in [1.82, 2.24) is 5.32 Å². The molecule has 1 amide bonds. The normalized spacial score (nSPS) is 19.9. The molecule has 0 spiro atoms. The van der Waals surface area contributed by atoms with Crippen molar-refractivity contribution in [3.05, 3.63) is 78.0 Å². The molecule has 1 fully saturated rings. The van der Waals surface area contributed by atoms with Gasteiger partial charge in [0.05, 0.1) is 11.7 Å². The molecule has 2 aromatic carbocycles. The molecule has 0 aromatic heterocycles. The number of nitrogens with two attached hydrogens (primary N) is 1. The van der Waals surface area contributed by atoms with E-state index in [2.05, 4.69) is 15.6 Å². The van der Waals surface area contributed by atoms with Crippen molar-refractivity contribution in [2.75, 3.05) is 5.32 Å². The van der Waals surface area contributed by atoms with E-state index in [1.54, 1.807) is 36.5 Å². The van der Waals surface area contributed by atoms with E-state index >= 15 is 0 Å². The van der Waals surface area contributed by atoms with Crippen LogP contribution in [0.3, 0.4) is 0 Å². The van der Waals surface area contributed by atoms with Gasteiger partial charge in [0.1, 0.15) is 17.5 Å². The Morgan fingerprint density at radius 2 is 1.83 bits per heavy atom. The van der Waals surface area contributed by atoms with Crippen molar-refractivity contribution < 1.29 is 13.6 Å². The number of rotatable bonds is 6. The summed E-state index contributed by atoms with van der Waals surface area (Å²) in [5, 5.41) is 5.79. The zero-order chi connectivity index (χ0) is 20.6. The molecule has 4 N–H and O–H groups in total. The van der Waals surface area contributed by atoms with Gasteiger partial charge in [-0.3, -0.25) is 9.79 Å². The second-order valence-electron chi connectivity index (χ2n) is 7.00. The first kappa shape index (κ1) is 20.5. The molecule has 2 aromatic rings. The Morgan fingerprint density at radius 1 is 1.07 bits per heavy atom. The van der Waals surface area contributed by atoms with Crippen LogP contribution in [0.2, 0.25) is 0 Å². The van der Waals surface area contributed by atoms with Crippen LogP contribution < -0.4 is 16.4 Å². The number of nitrogens with zero attached hydrogens (tertiary/aromatic N) is 1. The highest BCUT2D eigenvalue weighted by Crippen LogP contribution is 2.22. The lowest BCUT2D eigenvalue weighted by Gasteiger charge is -2.27. The fourth-order valence-electron chi connectivity index (χ4n) is 3.30. The second-order valence-corrected chi connectivity index (χ2v) is 7.00. The molecule has 1 aliphatic carbocycles. The first-order valence-electron chi connectivity index (χ1n) is 9.58. The molecule has 29 heavy (non-hydrogen) atoms. The Balaban J connectivity index is 1.45. The molecule has 0 aliphatic heterocycles. The molecule has 0 unspecified atom stereocenters. The molecule has 0 atom stereocenters. The second kappa shape index (κ2) is 9.82. The molecule has 0 radical (unpaired) electrons. The molecule has 0 bridgehead atoms. The van der Waals surface area contributed by atoms with Crippen molar-refractivity contribution in [1.29, 1.82) is 0 Å². The zero-order valence-corrected chi connectivity index (χ0v) is 15.9. The standard InChI is InChI=1S/C22H24F2N4O/c23-16-5-3-4-15(14-16)22(29)28-18-10-8-17(9-11-18)27-21(25)12-13-26-20-7-2-1-6-19(20)24/h1-7,12-14,17-18,26H,8-11H2,(H2,25,27)(H,28,29). The fraction of sp³-hybridized carbons (Fsp3) is 0.273. The molecular weight excluding hydrogens is 374 g/mol. The van der Waals surface area contributed by atoms with E-state index in [9.17, 15) is 13.6 Å². The Labute approximate surface area is 168 Å². The number of hydrogen-bond donors (Lipinski definition) is 3. The highest BCUT2D eigenvalue weighted by Gasteiger charge is 2.22. The van der Waals surface area contributed by atoms with Gasteiger partial charge in [0.15, 0.2) is 0 Å². The maximum absolute atomic E-state index is 13.5. The third-order valence-corrected chi connectivity index (χ3v) is 4.82. The molecule has 152 valence electrons. The number of nitrogens with one attached hydrogen (secondary N) is 2. The highest BCUT2D eigenvalue weighted by molar-refractivity contribution is 5.94. The number of aliphatic imine (C=N–C) groups is 1. The Morgan fingerprint density at radius 3 is 2.55 bits per heavy atom. The number of amides is 1. The molecule has 3 rings (SSSR count). The lowest BCUT2D eigenvalue weighted by Crippen LogP contribution is -2.38. The molecular formula is C22H24F2N4O. The van der Waals surface area contributed by atoms with E-state index < -0.39 is 5.82 Å². The van der Waals surface area contributed by atoms with Gasteiger partial charge >= 0.3 is 0 Å². The lowest BCUT2D eigenvalue weighted by atomic mass is 9.91. The van der Waals surface area contributed by atoms with Crippen LogP contribution in [0.15, 0.2) is 65.8 Å². The minimum atomic E-state index is -0.427. The number of amidine groups is 1. The summed E-state index contributed by atoms with van der Waals surface area (Å²) in [6, 6.07) is 12.1. The summed E-state index contributed by atoms with van der Waals surface area (Å²) in [5.41, 5.74) is 6.62. The summed E-state index contributed by atoms with van der Waals surface area (Å²) in [5.74, 6) is -0.672. The lowest BCUT2D eigenvalue weighted by molar-refractivity contribution is 0.0925. The number of carbonyl (C=O) groups is 1. The third kappa shape index (κ3) is 6.14. The number of carbonyl (C=O) groups excluding carboxylic acids is 1. The maximum atomic E-state index is 13.5. The topological polar surface area (TPSA) is 79.5 Å². The van der Waals surface area contributed by atoms with Gasteiger partial charge in [-0.05, 0) is 62.1 Å². The first-order chi connectivity index (χ1) is 14.0. The third-order valence-electron chi connectivity index (χ3n) is 4.82. The number of hydrogen-bond acceptors (Lipinski definition) is 3. The van der Waals surface area contributed by atoms with Gasteiger partial charge in [-0.1, -0.05) is 18.2 Å². The molecule has 1 saturated carbocycles. The van der Waals surface area contributed by atoms with E-state index in [0.29, 0.717) is 17.1 Å². The van der Waals surface area contributed by atoms with Crippen molar-refractivity contribution in [3.8, 4) is 0 Å². The van der Waals surface area contributed by atoms with Gasteiger partial charge in [0.2, 0.25) is 0 Å². The van der Waals surface area contributed by atoms with Crippen molar-refractivity contribution in [3.63, 3.8) is 0 Å². The summed E-state index contributed by atoms with van der Waals surface area (Å²) in [4.78, 5) is 16.7. The van der Waals surface area contributed by atoms with Gasteiger partial charge in [-0.2, -0.15) is 0 Å². The molecule has 7 heteroatoms. The number of benzene rings is 2. The Bertz CT molecular complexity index is 905. The SMILES string of the molecule is NC(C=CNc1ccccc1F)=NC1CCC(NC(=O)c2cccc(F)c2)CC1. The van der Waals surface area contributed by atoms with Crippen molar-refractivity contribution >= 4 is 17.4 Å². The number of anilines is 1. The van der Waals surface area contributed by atoms with Gasteiger partial charge < -0.3 is 16.4 Å². The summed E-state index contributed by atoms with van der Waals surface area (Å²) in [6.45, 7) is 0. The molecule has 0 heterocycles. The zero-order valence-electron chi connectivity index (χ0n) is 15.9. The van der Waals surface area contributed by atoms with Crippen molar-refractivity contribution in [2.45, 2.75) is 37.8 Å². The quantitative estimate of drug-likeness (QED) is 0.509. The average molecular weight is 398 g/mol. The van der Waals surface area contributed by atoms with Crippen LogP contribution in [0.1, 0.15) is 36.0 Å². The van der Waals surface area contributed by atoms with Crippen LogP contribution in [-0.4, -0.2) is 23.8 Å². The predicted molar refractivity (Wildman–Crippen MR) is 111 cm³/mol. The Kier molecular flexibility index (Phi) is 6.94. The van der Waals surface area contributed by atoms with Gasteiger partial charge in [0, 0.05) is 17.8 Å². The monoisotopic (exact) mass is 398 g/mol. The van der Waals surface area contributed by atoms with Crippen LogP contribution in [-0.2, 0) is 0 Å². The van der Waals surface area contributed by atoms with Crippen LogP contribution >= 0.6 is 0 Å². The molecule has 0 saturated heterocycles. The number of halogens is 2. The smallest absolute Gasteiger partial charge is 0.251 e. The van der Waals surface area contributed by atoms with Crippen molar-refractivity contribution in [2.24, 2.45) is 10.7 Å². The van der Waals surface area contributed by atoms with Gasteiger partial charge in [-0.15, -0.1) is 0 Å². The molecule has 1 aliphatic rings. The van der Waals surface area contributed by atoms with E-state index in [0.717, 1.165) is 25.7 Å². The van der Waals surface area contributed by atoms with Crippen LogP contribution in [0.25, 0.3) is 0 Å². The minimum Gasteiger partial charge on any atom is -0.384 e. The van der Waals surface area contributed by atoms with Gasteiger partial charge in [0.25, 0.3) is 5.91 Å². The predicted octanol–water partition coefficient (Wildman–Crippen LogP) is 3.99. The summed E-state index contributed by atoms with van der Waals surface area (Å²) in [6.07, 6.45) is 6.30. The van der Waals surface area contributed by atoms with Gasteiger partial charge in [-0.25, -0.2) is 8.78 Å². The van der Waals surface area contributed by atoms with Crippen LogP contribution in [0, 0.1) is 11.6 Å². The van der Waals surface area contributed by atoms with Crippen LogP contribution in [0.5, 0.6) is 0 Å². The number of para-hydroxylation sites is 1. The fourth-order valence-corrected chi connectivity index (χ4v) is 3.30. The minimum absolute atomic E-state index is 0.0386. The van der Waals surface area contributed by atoms with E-state index in [1.165, 1.54) is 24.3 Å².